The van der Waals surface area contributed by atoms with Gasteiger partial charge in [-0.05, 0) is 47.5 Å². The second-order valence-corrected chi connectivity index (χ2v) is 6.99. The van der Waals surface area contributed by atoms with Crippen LogP contribution in [0.1, 0.15) is 28.1 Å². The van der Waals surface area contributed by atoms with E-state index in [0.717, 1.165) is 22.6 Å². The lowest BCUT2D eigenvalue weighted by atomic mass is 10.0. The summed E-state index contributed by atoms with van der Waals surface area (Å²) in [5.74, 6) is 0.442. The maximum atomic E-state index is 13.2. The van der Waals surface area contributed by atoms with Crippen molar-refractivity contribution < 1.29 is 23.2 Å². The van der Waals surface area contributed by atoms with E-state index in [1.165, 1.54) is 18.4 Å². The molecule has 1 aromatic heterocycles. The van der Waals surface area contributed by atoms with Crippen LogP contribution >= 0.6 is 0 Å². The second-order valence-electron chi connectivity index (χ2n) is 6.99. The highest BCUT2D eigenvalue weighted by Gasteiger charge is 2.28. The van der Waals surface area contributed by atoms with Gasteiger partial charge in [-0.15, -0.1) is 0 Å². The number of rotatable bonds is 7. The van der Waals surface area contributed by atoms with Gasteiger partial charge < -0.3 is 18.9 Å². The largest absolute Gasteiger partial charge is 0.497 e. The van der Waals surface area contributed by atoms with Crippen molar-refractivity contribution in [3.63, 3.8) is 0 Å². The average Bonchev–Trinajstić information content (AvgIpc) is 3.46. The Hall–Kier alpha value is -3.61. The molecular weight excluding hydrogens is 387 g/mol. The van der Waals surface area contributed by atoms with E-state index in [2.05, 4.69) is 5.16 Å². The van der Waals surface area contributed by atoms with E-state index in [0.29, 0.717) is 19.5 Å². The van der Waals surface area contributed by atoms with Crippen molar-refractivity contribution in [1.82, 2.24) is 4.90 Å². The lowest BCUT2D eigenvalue weighted by molar-refractivity contribution is 0.0387. The molecule has 3 aromatic rings. The number of benzene rings is 2. The number of hydrogen-bond donors (Lipinski definition) is 0. The van der Waals surface area contributed by atoms with Crippen LogP contribution in [0, 0.1) is 5.82 Å². The molecule has 1 atom stereocenters. The fourth-order valence-electron chi connectivity index (χ4n) is 3.35. The summed E-state index contributed by atoms with van der Waals surface area (Å²) in [6.07, 6.45) is 1.68. The molecule has 0 radical (unpaired) electrons. The number of ether oxygens (including phenoxy) is 1. The molecule has 1 amide bonds. The van der Waals surface area contributed by atoms with Gasteiger partial charge in [0.1, 0.15) is 11.6 Å². The fraction of sp³-hybridized carbons (Fsp3) is 0.217. The Labute approximate surface area is 173 Å². The first-order chi connectivity index (χ1) is 14.6. The van der Waals surface area contributed by atoms with E-state index in [1.54, 1.807) is 36.3 Å². The summed E-state index contributed by atoms with van der Waals surface area (Å²) in [4.78, 5) is 20.3. The maximum Gasteiger partial charge on any atom is 0.289 e. The van der Waals surface area contributed by atoms with Gasteiger partial charge in [-0.3, -0.25) is 4.79 Å². The molecule has 0 spiro atoms. The summed E-state index contributed by atoms with van der Waals surface area (Å²) >= 11 is 0. The molecule has 0 aliphatic carbocycles. The zero-order valence-corrected chi connectivity index (χ0v) is 16.5. The molecule has 0 saturated carbocycles. The van der Waals surface area contributed by atoms with Crippen LogP contribution in [0.5, 0.6) is 5.75 Å². The van der Waals surface area contributed by atoms with Gasteiger partial charge in [0.05, 0.1) is 25.6 Å². The lowest BCUT2D eigenvalue weighted by Gasteiger charge is -2.24. The molecule has 2 aromatic carbocycles. The van der Waals surface area contributed by atoms with Crippen molar-refractivity contribution in [2.75, 3.05) is 13.7 Å². The average molecular weight is 408 g/mol. The molecule has 30 heavy (non-hydrogen) atoms. The van der Waals surface area contributed by atoms with E-state index >= 15 is 0 Å². The number of hydrogen-bond acceptors (Lipinski definition) is 5. The molecule has 0 saturated heterocycles. The second kappa shape index (κ2) is 8.82. The van der Waals surface area contributed by atoms with Gasteiger partial charge in [-0.1, -0.05) is 29.4 Å². The SMILES string of the molecule is COc1cccc(CN(C[C@@H]2CC(c3ccc(F)cc3)=NO2)C(=O)c2ccco2)c1. The molecule has 1 aliphatic heterocycles. The molecule has 7 heteroatoms. The summed E-state index contributed by atoms with van der Waals surface area (Å²) in [5.41, 5.74) is 2.45. The van der Waals surface area contributed by atoms with Gasteiger partial charge in [-0.25, -0.2) is 4.39 Å². The molecule has 0 N–H and O–H groups in total. The van der Waals surface area contributed by atoms with Crippen LogP contribution in [0.4, 0.5) is 4.39 Å². The normalized spacial score (nSPS) is 15.4. The van der Waals surface area contributed by atoms with Crippen molar-refractivity contribution in [3.8, 4) is 5.75 Å². The van der Waals surface area contributed by atoms with Gasteiger partial charge in [0.25, 0.3) is 5.91 Å². The summed E-state index contributed by atoms with van der Waals surface area (Å²) < 4.78 is 23.8. The number of halogens is 1. The number of oxime groups is 1. The minimum atomic E-state index is -0.311. The first-order valence-electron chi connectivity index (χ1n) is 9.56. The van der Waals surface area contributed by atoms with Crippen LogP contribution in [0.15, 0.2) is 76.5 Å². The summed E-state index contributed by atoms with van der Waals surface area (Å²) in [6.45, 7) is 0.688. The van der Waals surface area contributed by atoms with Crippen LogP contribution in [0.3, 0.4) is 0 Å². The third-order valence-corrected chi connectivity index (χ3v) is 4.86. The van der Waals surface area contributed by atoms with Gasteiger partial charge in [0, 0.05) is 13.0 Å². The molecule has 6 nitrogen and oxygen atoms in total. The highest BCUT2D eigenvalue weighted by Crippen LogP contribution is 2.21. The molecule has 0 unspecified atom stereocenters. The topological polar surface area (TPSA) is 64.3 Å². The number of nitrogens with zero attached hydrogens (tertiary/aromatic N) is 2. The zero-order valence-electron chi connectivity index (χ0n) is 16.5. The Kier molecular flexibility index (Phi) is 5.79. The summed E-state index contributed by atoms with van der Waals surface area (Å²) in [7, 11) is 1.60. The third kappa shape index (κ3) is 4.51. The minimum absolute atomic E-state index is 0.235. The Balaban J connectivity index is 1.48. The standard InChI is InChI=1S/C23H21FN2O4/c1-28-19-5-2-4-16(12-19)14-26(23(27)22-6-3-11-29-22)15-20-13-21(25-30-20)17-7-9-18(24)10-8-17/h2-12,20H,13-15H2,1H3/t20-/m0/s1. The van der Waals surface area contributed by atoms with E-state index in [1.807, 2.05) is 24.3 Å². The number of methoxy groups -OCH3 is 1. The molecule has 1 aliphatic rings. The molecule has 2 heterocycles. The van der Waals surface area contributed by atoms with Crippen LogP contribution in [0.25, 0.3) is 0 Å². The predicted molar refractivity (Wildman–Crippen MR) is 109 cm³/mol. The van der Waals surface area contributed by atoms with E-state index in [9.17, 15) is 9.18 Å². The predicted octanol–water partition coefficient (Wildman–Crippen LogP) is 4.26. The molecule has 4 rings (SSSR count). The molecule has 154 valence electrons. The van der Waals surface area contributed by atoms with Crippen molar-refractivity contribution in [1.29, 1.82) is 0 Å². The number of carbonyl (C=O) groups excluding carboxylic acids is 1. The van der Waals surface area contributed by atoms with Gasteiger partial charge in [0.2, 0.25) is 0 Å². The van der Waals surface area contributed by atoms with Crippen molar-refractivity contribution in [3.05, 3.63) is 89.6 Å². The van der Waals surface area contributed by atoms with E-state index in [-0.39, 0.29) is 23.6 Å². The van der Waals surface area contributed by atoms with Crippen LogP contribution in [0.2, 0.25) is 0 Å². The summed E-state index contributed by atoms with van der Waals surface area (Å²) in [6, 6.07) is 17.0. The van der Waals surface area contributed by atoms with E-state index < -0.39 is 0 Å². The van der Waals surface area contributed by atoms with Crippen molar-refractivity contribution in [2.24, 2.45) is 5.16 Å². The first kappa shape index (κ1) is 19.7. The third-order valence-electron chi connectivity index (χ3n) is 4.86. The Morgan fingerprint density at radius 1 is 1.20 bits per heavy atom. The van der Waals surface area contributed by atoms with Crippen LogP contribution in [-0.4, -0.2) is 36.3 Å². The Morgan fingerprint density at radius 2 is 2.03 bits per heavy atom. The highest BCUT2D eigenvalue weighted by atomic mass is 19.1. The van der Waals surface area contributed by atoms with Crippen molar-refractivity contribution >= 4 is 11.6 Å². The first-order valence-corrected chi connectivity index (χ1v) is 9.56. The van der Waals surface area contributed by atoms with Gasteiger partial charge in [0.15, 0.2) is 11.9 Å². The monoisotopic (exact) mass is 408 g/mol. The quantitative estimate of drug-likeness (QED) is 0.586. The van der Waals surface area contributed by atoms with Gasteiger partial charge >= 0.3 is 0 Å². The summed E-state index contributed by atoms with van der Waals surface area (Å²) in [5, 5.41) is 4.14. The smallest absolute Gasteiger partial charge is 0.289 e. The minimum Gasteiger partial charge on any atom is -0.497 e. The molecule has 0 fully saturated rings. The Bertz CT molecular complexity index is 1030. The van der Waals surface area contributed by atoms with E-state index in [4.69, 9.17) is 14.0 Å². The Morgan fingerprint density at radius 3 is 2.77 bits per heavy atom. The molecule has 0 bridgehead atoms. The van der Waals surface area contributed by atoms with Crippen molar-refractivity contribution in [2.45, 2.75) is 19.1 Å². The highest BCUT2D eigenvalue weighted by molar-refractivity contribution is 6.01. The number of furan rings is 1. The number of amides is 1. The number of carbonyl (C=O) groups is 1. The van der Waals surface area contributed by atoms with Crippen LogP contribution < -0.4 is 4.74 Å². The lowest BCUT2D eigenvalue weighted by Crippen LogP contribution is -2.37. The van der Waals surface area contributed by atoms with Gasteiger partial charge in [-0.2, -0.15) is 0 Å². The van der Waals surface area contributed by atoms with Crippen LogP contribution in [-0.2, 0) is 11.4 Å². The zero-order chi connectivity index (χ0) is 20.9. The molecular formula is C23H21FN2O4. The maximum absolute atomic E-state index is 13.2. The fourth-order valence-corrected chi connectivity index (χ4v) is 3.35.